The van der Waals surface area contributed by atoms with E-state index in [2.05, 4.69) is 17.2 Å². The Morgan fingerprint density at radius 1 is 1.56 bits per heavy atom. The molecule has 0 saturated carbocycles. The van der Waals surface area contributed by atoms with E-state index in [0.717, 1.165) is 43.9 Å². The Labute approximate surface area is 112 Å². The summed E-state index contributed by atoms with van der Waals surface area (Å²) in [5.41, 5.74) is 1.19. The number of nitrogens with zero attached hydrogens (tertiary/aromatic N) is 2. The Hall–Kier alpha value is -0.940. The van der Waals surface area contributed by atoms with Crippen LogP contribution in [-0.4, -0.2) is 35.9 Å². The van der Waals surface area contributed by atoms with Crippen molar-refractivity contribution in [2.24, 2.45) is 0 Å². The SMILES string of the molecule is CCCCN(C)C(=O)Cc1nc2c(s1)CNCC2. The van der Waals surface area contributed by atoms with Gasteiger partial charge in [-0.1, -0.05) is 13.3 Å². The number of hydrogen-bond acceptors (Lipinski definition) is 4. The predicted octanol–water partition coefficient (Wildman–Crippen LogP) is 1.59. The number of aromatic nitrogens is 1. The topological polar surface area (TPSA) is 45.2 Å². The first-order valence-corrected chi connectivity index (χ1v) is 7.44. The number of thiazole rings is 1. The van der Waals surface area contributed by atoms with Gasteiger partial charge in [0.25, 0.3) is 0 Å². The van der Waals surface area contributed by atoms with Crippen molar-refractivity contribution in [3.63, 3.8) is 0 Å². The van der Waals surface area contributed by atoms with Crippen LogP contribution in [0.25, 0.3) is 0 Å². The highest BCUT2D eigenvalue weighted by Gasteiger charge is 2.17. The molecular formula is C13H21N3OS. The van der Waals surface area contributed by atoms with E-state index < -0.39 is 0 Å². The molecule has 0 fully saturated rings. The highest BCUT2D eigenvalue weighted by atomic mass is 32.1. The zero-order valence-electron chi connectivity index (χ0n) is 11.2. The summed E-state index contributed by atoms with van der Waals surface area (Å²) in [7, 11) is 1.88. The fourth-order valence-electron chi connectivity index (χ4n) is 2.04. The number of hydrogen-bond donors (Lipinski definition) is 1. The maximum atomic E-state index is 12.0. The van der Waals surface area contributed by atoms with Gasteiger partial charge in [0.05, 0.1) is 12.1 Å². The predicted molar refractivity (Wildman–Crippen MR) is 73.8 cm³/mol. The van der Waals surface area contributed by atoms with E-state index in [0.29, 0.717) is 6.42 Å². The molecule has 0 unspecified atom stereocenters. The van der Waals surface area contributed by atoms with Crippen molar-refractivity contribution in [2.75, 3.05) is 20.1 Å². The molecule has 2 heterocycles. The molecule has 0 bridgehead atoms. The zero-order valence-corrected chi connectivity index (χ0v) is 12.0. The summed E-state index contributed by atoms with van der Waals surface area (Å²) in [6, 6.07) is 0. The number of likely N-dealkylation sites (N-methyl/N-ethyl adjacent to an activating group) is 1. The number of amides is 1. The molecule has 1 aromatic rings. The first-order chi connectivity index (χ1) is 8.70. The summed E-state index contributed by atoms with van der Waals surface area (Å²) in [6.07, 6.45) is 3.64. The molecule has 5 heteroatoms. The second-order valence-corrected chi connectivity index (χ2v) is 5.92. The van der Waals surface area contributed by atoms with Gasteiger partial charge < -0.3 is 10.2 Å². The summed E-state index contributed by atoms with van der Waals surface area (Å²) < 4.78 is 0. The monoisotopic (exact) mass is 267 g/mol. The lowest BCUT2D eigenvalue weighted by molar-refractivity contribution is -0.129. The van der Waals surface area contributed by atoms with E-state index in [9.17, 15) is 4.79 Å². The Morgan fingerprint density at radius 3 is 3.11 bits per heavy atom. The largest absolute Gasteiger partial charge is 0.345 e. The molecule has 100 valence electrons. The minimum Gasteiger partial charge on any atom is -0.345 e. The average Bonchev–Trinajstić information content (AvgIpc) is 2.77. The van der Waals surface area contributed by atoms with Crippen LogP contribution in [0.4, 0.5) is 0 Å². The standard InChI is InChI=1S/C13H21N3OS/c1-3-4-7-16(2)13(17)8-12-15-10-5-6-14-9-11(10)18-12/h14H,3-9H2,1-2H3. The molecule has 18 heavy (non-hydrogen) atoms. The van der Waals surface area contributed by atoms with Crippen molar-refractivity contribution in [3.05, 3.63) is 15.6 Å². The molecule has 1 amide bonds. The molecule has 4 nitrogen and oxygen atoms in total. The highest BCUT2D eigenvalue weighted by Crippen LogP contribution is 2.22. The van der Waals surface area contributed by atoms with Crippen LogP contribution in [0, 0.1) is 0 Å². The van der Waals surface area contributed by atoms with Gasteiger partial charge in [0.2, 0.25) is 5.91 Å². The van der Waals surface area contributed by atoms with Gasteiger partial charge in [0.1, 0.15) is 5.01 Å². The normalized spacial score (nSPS) is 14.3. The molecule has 1 aliphatic heterocycles. The smallest absolute Gasteiger partial charge is 0.229 e. The van der Waals surface area contributed by atoms with Gasteiger partial charge in [0, 0.05) is 38.0 Å². The van der Waals surface area contributed by atoms with Gasteiger partial charge in [-0.3, -0.25) is 4.79 Å². The quantitative estimate of drug-likeness (QED) is 0.881. The van der Waals surface area contributed by atoms with E-state index in [4.69, 9.17) is 0 Å². The Balaban J connectivity index is 1.92. The molecule has 0 saturated heterocycles. The van der Waals surface area contributed by atoms with E-state index in [1.54, 1.807) is 11.3 Å². The van der Waals surface area contributed by atoms with Crippen LogP contribution >= 0.6 is 11.3 Å². The van der Waals surface area contributed by atoms with Gasteiger partial charge in [-0.25, -0.2) is 4.98 Å². The highest BCUT2D eigenvalue weighted by molar-refractivity contribution is 7.11. The first kappa shape index (κ1) is 13.5. The Morgan fingerprint density at radius 2 is 2.39 bits per heavy atom. The van der Waals surface area contributed by atoms with Crippen LogP contribution in [-0.2, 0) is 24.2 Å². The molecule has 1 aromatic heterocycles. The molecule has 1 N–H and O–H groups in total. The zero-order chi connectivity index (χ0) is 13.0. The molecular weight excluding hydrogens is 246 g/mol. The van der Waals surface area contributed by atoms with Gasteiger partial charge in [0.15, 0.2) is 0 Å². The second-order valence-electron chi connectivity index (χ2n) is 4.75. The number of carbonyl (C=O) groups is 1. The van der Waals surface area contributed by atoms with Crippen LogP contribution in [0.2, 0.25) is 0 Å². The second kappa shape index (κ2) is 6.29. The van der Waals surface area contributed by atoms with Crippen molar-refractivity contribution in [2.45, 2.75) is 39.2 Å². The third-order valence-electron chi connectivity index (χ3n) is 3.22. The summed E-state index contributed by atoms with van der Waals surface area (Å²) in [5.74, 6) is 0.183. The summed E-state index contributed by atoms with van der Waals surface area (Å²) >= 11 is 1.68. The van der Waals surface area contributed by atoms with Crippen molar-refractivity contribution in [3.8, 4) is 0 Å². The summed E-state index contributed by atoms with van der Waals surface area (Å²) in [5, 5.41) is 4.30. The van der Waals surface area contributed by atoms with Crippen LogP contribution in [0.15, 0.2) is 0 Å². The van der Waals surface area contributed by atoms with Crippen molar-refractivity contribution in [1.29, 1.82) is 0 Å². The number of carbonyl (C=O) groups excluding carboxylic acids is 1. The molecule has 0 spiro atoms. The molecule has 0 aromatic carbocycles. The molecule has 0 radical (unpaired) electrons. The average molecular weight is 267 g/mol. The number of rotatable bonds is 5. The van der Waals surface area contributed by atoms with Gasteiger partial charge in [-0.15, -0.1) is 11.3 Å². The summed E-state index contributed by atoms with van der Waals surface area (Å²) in [6.45, 7) is 4.90. The number of fused-ring (bicyclic) bond motifs is 1. The third-order valence-corrected chi connectivity index (χ3v) is 4.32. The first-order valence-electron chi connectivity index (χ1n) is 6.63. The van der Waals surface area contributed by atoms with Gasteiger partial charge >= 0.3 is 0 Å². The number of unbranched alkanes of at least 4 members (excludes halogenated alkanes) is 1. The lowest BCUT2D eigenvalue weighted by atomic mass is 10.2. The molecule has 0 aliphatic carbocycles. The lowest BCUT2D eigenvalue weighted by Gasteiger charge is -2.15. The van der Waals surface area contributed by atoms with Gasteiger partial charge in [-0.05, 0) is 6.42 Å². The maximum Gasteiger partial charge on any atom is 0.229 e. The molecule has 1 aliphatic rings. The molecule has 0 atom stereocenters. The van der Waals surface area contributed by atoms with Crippen molar-refractivity contribution < 1.29 is 4.79 Å². The Kier molecular flexibility index (Phi) is 4.72. The minimum absolute atomic E-state index is 0.183. The van der Waals surface area contributed by atoms with E-state index in [1.807, 2.05) is 11.9 Å². The van der Waals surface area contributed by atoms with Crippen molar-refractivity contribution >= 4 is 17.2 Å². The van der Waals surface area contributed by atoms with Crippen LogP contribution in [0.3, 0.4) is 0 Å². The van der Waals surface area contributed by atoms with Crippen molar-refractivity contribution in [1.82, 2.24) is 15.2 Å². The minimum atomic E-state index is 0.183. The lowest BCUT2D eigenvalue weighted by Crippen LogP contribution is -2.29. The van der Waals surface area contributed by atoms with Crippen LogP contribution in [0.1, 0.15) is 35.3 Å². The van der Waals surface area contributed by atoms with Crippen LogP contribution in [0.5, 0.6) is 0 Å². The van der Waals surface area contributed by atoms with E-state index in [1.165, 1.54) is 10.6 Å². The van der Waals surface area contributed by atoms with Gasteiger partial charge in [-0.2, -0.15) is 0 Å². The maximum absolute atomic E-state index is 12.0. The van der Waals surface area contributed by atoms with E-state index >= 15 is 0 Å². The number of nitrogens with one attached hydrogen (secondary N) is 1. The Bertz CT molecular complexity index is 393. The van der Waals surface area contributed by atoms with Crippen LogP contribution < -0.4 is 5.32 Å². The van der Waals surface area contributed by atoms with E-state index in [-0.39, 0.29) is 5.91 Å². The summed E-state index contributed by atoms with van der Waals surface area (Å²) in [4.78, 5) is 19.7. The molecule has 2 rings (SSSR count). The fraction of sp³-hybridized carbons (Fsp3) is 0.692. The fourth-order valence-corrected chi connectivity index (χ4v) is 3.11. The third kappa shape index (κ3) is 3.29.